The van der Waals surface area contributed by atoms with Crippen LogP contribution < -0.4 is 5.73 Å². The molecular formula is C14H29NO. The van der Waals surface area contributed by atoms with Crippen molar-refractivity contribution in [2.24, 2.45) is 17.1 Å². The lowest BCUT2D eigenvalue weighted by Gasteiger charge is -2.43. The highest BCUT2D eigenvalue weighted by molar-refractivity contribution is 4.91. The minimum atomic E-state index is -0.176. The van der Waals surface area contributed by atoms with Crippen molar-refractivity contribution >= 4 is 0 Å². The number of aliphatic hydroxyl groups is 1. The van der Waals surface area contributed by atoms with Gasteiger partial charge in [0, 0.05) is 12.0 Å². The van der Waals surface area contributed by atoms with E-state index in [9.17, 15) is 5.11 Å². The summed E-state index contributed by atoms with van der Waals surface area (Å²) in [4.78, 5) is 0. The second-order valence-electron chi connectivity index (χ2n) is 5.60. The monoisotopic (exact) mass is 227 g/mol. The molecule has 0 aromatic carbocycles. The van der Waals surface area contributed by atoms with E-state index in [1.54, 1.807) is 0 Å². The molecule has 16 heavy (non-hydrogen) atoms. The van der Waals surface area contributed by atoms with Crippen LogP contribution in [0.4, 0.5) is 0 Å². The Balaban J connectivity index is 2.50. The van der Waals surface area contributed by atoms with Gasteiger partial charge < -0.3 is 10.8 Å². The maximum Gasteiger partial charge on any atom is 0.0608 e. The molecule has 0 bridgehead atoms. The highest BCUT2D eigenvalue weighted by atomic mass is 16.3. The van der Waals surface area contributed by atoms with Crippen LogP contribution >= 0.6 is 0 Å². The lowest BCUT2D eigenvalue weighted by atomic mass is 9.66. The van der Waals surface area contributed by atoms with Crippen molar-refractivity contribution in [3.8, 4) is 0 Å². The Morgan fingerprint density at radius 2 is 1.88 bits per heavy atom. The minimum Gasteiger partial charge on any atom is -0.393 e. The summed E-state index contributed by atoms with van der Waals surface area (Å²) >= 11 is 0. The molecule has 0 radical (unpaired) electrons. The van der Waals surface area contributed by atoms with E-state index in [1.165, 1.54) is 25.7 Å². The largest absolute Gasteiger partial charge is 0.393 e. The van der Waals surface area contributed by atoms with E-state index >= 15 is 0 Å². The quantitative estimate of drug-likeness (QED) is 0.732. The van der Waals surface area contributed by atoms with Crippen molar-refractivity contribution in [2.45, 2.75) is 71.3 Å². The van der Waals surface area contributed by atoms with Crippen LogP contribution in [0.1, 0.15) is 65.2 Å². The molecule has 1 atom stereocenters. The molecule has 0 heterocycles. The van der Waals surface area contributed by atoms with Gasteiger partial charge >= 0.3 is 0 Å². The van der Waals surface area contributed by atoms with E-state index in [0.29, 0.717) is 6.54 Å². The van der Waals surface area contributed by atoms with Crippen LogP contribution in [0.2, 0.25) is 0 Å². The molecule has 0 spiro atoms. The normalized spacial score (nSPS) is 32.6. The number of hydrogen-bond acceptors (Lipinski definition) is 2. The molecule has 2 heteroatoms. The summed E-state index contributed by atoms with van der Waals surface area (Å²) in [5, 5.41) is 10.3. The van der Waals surface area contributed by atoms with Gasteiger partial charge in [0.15, 0.2) is 0 Å². The van der Waals surface area contributed by atoms with Gasteiger partial charge in [-0.1, -0.05) is 33.1 Å². The lowest BCUT2D eigenvalue weighted by molar-refractivity contribution is -0.0141. The third-order valence-corrected chi connectivity index (χ3v) is 4.47. The van der Waals surface area contributed by atoms with Crippen molar-refractivity contribution in [3.05, 3.63) is 0 Å². The van der Waals surface area contributed by atoms with Crippen molar-refractivity contribution in [2.75, 3.05) is 6.54 Å². The molecule has 1 unspecified atom stereocenters. The molecule has 0 aromatic heterocycles. The summed E-state index contributed by atoms with van der Waals surface area (Å²) in [6.07, 6.45) is 9.24. The molecule has 1 aliphatic carbocycles. The standard InChI is InChI=1S/C14H29NO/c1-3-5-12-7-9-14(11-15,10-8-12)13(16)6-4-2/h12-13,16H,3-11,15H2,1-2H3. The first-order chi connectivity index (χ1) is 7.68. The van der Waals surface area contributed by atoms with Gasteiger partial charge in [0.05, 0.1) is 6.10 Å². The molecule has 96 valence electrons. The number of rotatable bonds is 6. The van der Waals surface area contributed by atoms with E-state index < -0.39 is 0 Å². The maximum atomic E-state index is 10.3. The van der Waals surface area contributed by atoms with Crippen LogP contribution in [0.5, 0.6) is 0 Å². The highest BCUT2D eigenvalue weighted by Gasteiger charge is 2.39. The highest BCUT2D eigenvalue weighted by Crippen LogP contribution is 2.43. The van der Waals surface area contributed by atoms with Gasteiger partial charge in [-0.05, 0) is 38.0 Å². The SMILES string of the molecule is CCCC1CCC(CN)(C(O)CCC)CC1. The molecule has 1 rings (SSSR count). The van der Waals surface area contributed by atoms with Crippen molar-refractivity contribution in [1.29, 1.82) is 0 Å². The molecular weight excluding hydrogens is 198 g/mol. The Kier molecular flexibility index (Phi) is 5.77. The van der Waals surface area contributed by atoms with Crippen LogP contribution in [0.3, 0.4) is 0 Å². The summed E-state index contributed by atoms with van der Waals surface area (Å²) in [5.74, 6) is 0.888. The van der Waals surface area contributed by atoms with Crippen molar-refractivity contribution in [1.82, 2.24) is 0 Å². The zero-order valence-corrected chi connectivity index (χ0v) is 11.0. The molecule has 0 saturated heterocycles. The Labute approximate surface area is 101 Å². The molecule has 1 fully saturated rings. The maximum absolute atomic E-state index is 10.3. The lowest BCUT2D eigenvalue weighted by Crippen LogP contribution is -2.44. The van der Waals surface area contributed by atoms with Crippen LogP contribution in [0.25, 0.3) is 0 Å². The Bertz CT molecular complexity index is 185. The molecule has 0 aromatic rings. The van der Waals surface area contributed by atoms with E-state index in [1.807, 2.05) is 0 Å². The van der Waals surface area contributed by atoms with E-state index in [-0.39, 0.29) is 11.5 Å². The molecule has 0 amide bonds. The summed E-state index contributed by atoms with van der Waals surface area (Å²) in [7, 11) is 0. The Hall–Kier alpha value is -0.0800. The van der Waals surface area contributed by atoms with Crippen LogP contribution in [-0.4, -0.2) is 17.8 Å². The average Bonchev–Trinajstić information content (AvgIpc) is 2.31. The summed E-state index contributed by atoms with van der Waals surface area (Å²) in [6, 6.07) is 0. The number of nitrogens with two attached hydrogens (primary N) is 1. The number of aliphatic hydroxyl groups excluding tert-OH is 1. The van der Waals surface area contributed by atoms with Gasteiger partial charge in [-0.15, -0.1) is 0 Å². The van der Waals surface area contributed by atoms with Gasteiger partial charge in [0.25, 0.3) is 0 Å². The van der Waals surface area contributed by atoms with E-state index in [0.717, 1.165) is 31.6 Å². The smallest absolute Gasteiger partial charge is 0.0608 e. The molecule has 0 aliphatic heterocycles. The average molecular weight is 227 g/mol. The predicted molar refractivity (Wildman–Crippen MR) is 69.3 cm³/mol. The molecule has 1 saturated carbocycles. The van der Waals surface area contributed by atoms with Crippen LogP contribution in [-0.2, 0) is 0 Å². The molecule has 3 N–H and O–H groups in total. The van der Waals surface area contributed by atoms with Gasteiger partial charge in [0.1, 0.15) is 0 Å². The van der Waals surface area contributed by atoms with Crippen molar-refractivity contribution < 1.29 is 5.11 Å². The minimum absolute atomic E-state index is 0.0419. The fraction of sp³-hybridized carbons (Fsp3) is 1.00. The summed E-state index contributed by atoms with van der Waals surface area (Å²) in [6.45, 7) is 5.06. The zero-order valence-electron chi connectivity index (χ0n) is 11.0. The topological polar surface area (TPSA) is 46.2 Å². The first-order valence-corrected chi connectivity index (χ1v) is 7.06. The fourth-order valence-corrected chi connectivity index (χ4v) is 3.20. The number of hydrogen-bond donors (Lipinski definition) is 2. The van der Waals surface area contributed by atoms with E-state index in [4.69, 9.17) is 5.73 Å². The third-order valence-electron chi connectivity index (χ3n) is 4.47. The predicted octanol–water partition coefficient (Wildman–Crippen LogP) is 3.08. The first-order valence-electron chi connectivity index (χ1n) is 7.06. The second kappa shape index (κ2) is 6.61. The van der Waals surface area contributed by atoms with Gasteiger partial charge in [-0.2, -0.15) is 0 Å². The Morgan fingerprint density at radius 1 is 1.25 bits per heavy atom. The van der Waals surface area contributed by atoms with E-state index in [2.05, 4.69) is 13.8 Å². The fourth-order valence-electron chi connectivity index (χ4n) is 3.20. The third kappa shape index (κ3) is 3.21. The zero-order chi connectivity index (χ0) is 12.0. The Morgan fingerprint density at radius 3 is 2.31 bits per heavy atom. The van der Waals surface area contributed by atoms with Crippen molar-refractivity contribution in [3.63, 3.8) is 0 Å². The first kappa shape index (κ1) is 14.0. The van der Waals surface area contributed by atoms with Crippen LogP contribution in [0.15, 0.2) is 0 Å². The summed E-state index contributed by atoms with van der Waals surface area (Å²) in [5.41, 5.74) is 5.97. The van der Waals surface area contributed by atoms with Crippen LogP contribution in [0, 0.1) is 11.3 Å². The summed E-state index contributed by atoms with van der Waals surface area (Å²) < 4.78 is 0. The molecule has 1 aliphatic rings. The molecule has 2 nitrogen and oxygen atoms in total. The van der Waals surface area contributed by atoms with Gasteiger partial charge in [-0.25, -0.2) is 0 Å². The second-order valence-corrected chi connectivity index (χ2v) is 5.60. The van der Waals surface area contributed by atoms with Gasteiger partial charge in [0.2, 0.25) is 0 Å². The van der Waals surface area contributed by atoms with Gasteiger partial charge in [-0.3, -0.25) is 0 Å².